The zero-order chi connectivity index (χ0) is 9.14. The smallest absolute Gasteiger partial charge is 0.0645 e. The van der Waals surface area contributed by atoms with Crippen LogP contribution in [-0.2, 0) is 4.74 Å². The molecule has 0 bridgehead atoms. The number of ether oxygens (including phenoxy) is 1. The predicted molar refractivity (Wildman–Crippen MR) is 51.3 cm³/mol. The fourth-order valence-electron chi connectivity index (χ4n) is 1.62. The maximum absolute atomic E-state index is 5.21. The molecule has 1 rings (SSSR count). The molecule has 72 valence electrons. The average molecular weight is 171 g/mol. The summed E-state index contributed by atoms with van der Waals surface area (Å²) >= 11 is 0. The van der Waals surface area contributed by atoms with Crippen LogP contribution in [0.2, 0.25) is 0 Å². The Labute approximate surface area is 75.9 Å². The van der Waals surface area contributed by atoms with E-state index >= 15 is 0 Å². The van der Waals surface area contributed by atoms with Crippen molar-refractivity contribution in [3.8, 4) is 0 Å². The Morgan fingerprint density at radius 3 is 2.08 bits per heavy atom. The highest BCUT2D eigenvalue weighted by molar-refractivity contribution is 4.80. The van der Waals surface area contributed by atoms with Gasteiger partial charge in [0.2, 0.25) is 0 Å². The molecule has 12 heavy (non-hydrogen) atoms. The van der Waals surface area contributed by atoms with Crippen molar-refractivity contribution in [1.29, 1.82) is 0 Å². The molecule has 1 fully saturated rings. The third-order valence-electron chi connectivity index (χ3n) is 2.33. The second-order valence-electron chi connectivity index (χ2n) is 4.38. The molecule has 0 atom stereocenters. The zero-order valence-electron chi connectivity index (χ0n) is 8.71. The summed E-state index contributed by atoms with van der Waals surface area (Å²) in [6.45, 7) is 12.1. The third kappa shape index (κ3) is 2.46. The summed E-state index contributed by atoms with van der Waals surface area (Å²) in [6, 6.07) is 1.34. The Bertz CT molecular complexity index is 130. The first-order chi connectivity index (χ1) is 5.61. The second kappa shape index (κ2) is 4.24. The van der Waals surface area contributed by atoms with Gasteiger partial charge < -0.3 is 4.74 Å². The molecule has 0 radical (unpaired) electrons. The summed E-state index contributed by atoms with van der Waals surface area (Å²) in [5, 5.41) is 0. The predicted octanol–water partition coefficient (Wildman–Crippen LogP) is 1.75. The Morgan fingerprint density at radius 2 is 1.83 bits per heavy atom. The summed E-state index contributed by atoms with van der Waals surface area (Å²) in [7, 11) is 0. The van der Waals surface area contributed by atoms with E-state index in [1.54, 1.807) is 0 Å². The Balaban J connectivity index is 2.37. The van der Waals surface area contributed by atoms with E-state index in [1.807, 2.05) is 0 Å². The average Bonchev–Trinajstić information content (AvgIpc) is 1.80. The lowest BCUT2D eigenvalue weighted by atomic mass is 10.1. The zero-order valence-corrected chi connectivity index (χ0v) is 8.71. The normalized spacial score (nSPS) is 19.2. The highest BCUT2D eigenvalue weighted by Gasteiger charge is 2.27. The van der Waals surface area contributed by atoms with E-state index in [-0.39, 0.29) is 0 Å². The SMILES string of the molecule is CC(C)CN(C(C)C)C1COC1. The van der Waals surface area contributed by atoms with Gasteiger partial charge in [0.1, 0.15) is 0 Å². The standard InChI is InChI=1S/C10H21NO/c1-8(2)5-11(9(3)4)10-6-12-7-10/h8-10H,5-7H2,1-4H3. The quantitative estimate of drug-likeness (QED) is 0.639. The Hall–Kier alpha value is -0.0800. The van der Waals surface area contributed by atoms with Crippen molar-refractivity contribution in [3.63, 3.8) is 0 Å². The van der Waals surface area contributed by atoms with Gasteiger partial charge in [0.25, 0.3) is 0 Å². The van der Waals surface area contributed by atoms with Crippen molar-refractivity contribution in [2.24, 2.45) is 5.92 Å². The second-order valence-corrected chi connectivity index (χ2v) is 4.38. The molecule has 1 heterocycles. The molecular weight excluding hydrogens is 150 g/mol. The van der Waals surface area contributed by atoms with Gasteiger partial charge >= 0.3 is 0 Å². The minimum Gasteiger partial charge on any atom is -0.378 e. The van der Waals surface area contributed by atoms with Crippen LogP contribution in [0.5, 0.6) is 0 Å². The van der Waals surface area contributed by atoms with Gasteiger partial charge in [0.05, 0.1) is 19.3 Å². The molecule has 0 spiro atoms. The molecule has 0 unspecified atom stereocenters. The Kier molecular flexibility index (Phi) is 3.53. The van der Waals surface area contributed by atoms with Crippen LogP contribution in [0.4, 0.5) is 0 Å². The third-order valence-corrected chi connectivity index (χ3v) is 2.33. The van der Waals surface area contributed by atoms with Gasteiger partial charge in [-0.25, -0.2) is 0 Å². The fourth-order valence-corrected chi connectivity index (χ4v) is 1.62. The number of hydrogen-bond donors (Lipinski definition) is 0. The minimum atomic E-state index is 0.654. The van der Waals surface area contributed by atoms with Crippen LogP contribution in [0.3, 0.4) is 0 Å². The van der Waals surface area contributed by atoms with E-state index in [2.05, 4.69) is 32.6 Å². The summed E-state index contributed by atoms with van der Waals surface area (Å²) in [6.07, 6.45) is 0. The summed E-state index contributed by atoms with van der Waals surface area (Å²) < 4.78 is 5.21. The van der Waals surface area contributed by atoms with Crippen LogP contribution in [0, 0.1) is 5.92 Å². The lowest BCUT2D eigenvalue weighted by molar-refractivity contribution is -0.0783. The van der Waals surface area contributed by atoms with Crippen LogP contribution < -0.4 is 0 Å². The van der Waals surface area contributed by atoms with E-state index in [0.29, 0.717) is 12.1 Å². The maximum Gasteiger partial charge on any atom is 0.0645 e. The summed E-state index contributed by atoms with van der Waals surface area (Å²) in [4.78, 5) is 2.55. The van der Waals surface area contributed by atoms with Gasteiger partial charge in [-0.1, -0.05) is 13.8 Å². The topological polar surface area (TPSA) is 12.5 Å². The lowest BCUT2D eigenvalue weighted by Crippen LogP contribution is -2.53. The first-order valence-corrected chi connectivity index (χ1v) is 4.94. The fraction of sp³-hybridized carbons (Fsp3) is 1.00. The number of rotatable bonds is 4. The molecule has 0 saturated carbocycles. The van der Waals surface area contributed by atoms with Gasteiger partial charge in [0.15, 0.2) is 0 Å². The molecule has 2 heteroatoms. The van der Waals surface area contributed by atoms with Gasteiger partial charge in [-0.2, -0.15) is 0 Å². The maximum atomic E-state index is 5.21. The molecule has 1 aliphatic heterocycles. The molecule has 0 N–H and O–H groups in total. The van der Waals surface area contributed by atoms with E-state index in [4.69, 9.17) is 4.74 Å². The van der Waals surface area contributed by atoms with Crippen molar-refractivity contribution in [1.82, 2.24) is 4.90 Å². The van der Waals surface area contributed by atoms with Gasteiger partial charge in [-0.05, 0) is 19.8 Å². The summed E-state index contributed by atoms with van der Waals surface area (Å²) in [5.41, 5.74) is 0. The van der Waals surface area contributed by atoms with Gasteiger partial charge in [-0.15, -0.1) is 0 Å². The van der Waals surface area contributed by atoms with Crippen LogP contribution in [0.1, 0.15) is 27.7 Å². The molecule has 1 saturated heterocycles. The van der Waals surface area contributed by atoms with Crippen molar-refractivity contribution in [2.75, 3.05) is 19.8 Å². The Morgan fingerprint density at radius 1 is 1.25 bits per heavy atom. The van der Waals surface area contributed by atoms with Gasteiger partial charge in [-0.3, -0.25) is 4.90 Å². The highest BCUT2D eigenvalue weighted by atomic mass is 16.5. The van der Waals surface area contributed by atoms with E-state index in [9.17, 15) is 0 Å². The first kappa shape index (κ1) is 10.0. The van der Waals surface area contributed by atoms with Gasteiger partial charge in [0, 0.05) is 12.6 Å². The summed E-state index contributed by atoms with van der Waals surface area (Å²) in [5.74, 6) is 0.757. The lowest BCUT2D eigenvalue weighted by Gasteiger charge is -2.40. The van der Waals surface area contributed by atoms with E-state index in [1.165, 1.54) is 6.54 Å². The minimum absolute atomic E-state index is 0.654. The molecule has 0 amide bonds. The van der Waals surface area contributed by atoms with Crippen molar-refractivity contribution >= 4 is 0 Å². The monoisotopic (exact) mass is 171 g/mol. The van der Waals surface area contributed by atoms with Crippen LogP contribution >= 0.6 is 0 Å². The molecular formula is C10H21NO. The molecule has 0 aromatic heterocycles. The molecule has 2 nitrogen and oxygen atoms in total. The van der Waals surface area contributed by atoms with E-state index in [0.717, 1.165) is 19.1 Å². The van der Waals surface area contributed by atoms with Crippen LogP contribution in [-0.4, -0.2) is 36.7 Å². The molecule has 0 aliphatic carbocycles. The van der Waals surface area contributed by atoms with Crippen molar-refractivity contribution < 1.29 is 4.74 Å². The van der Waals surface area contributed by atoms with Crippen molar-refractivity contribution in [3.05, 3.63) is 0 Å². The molecule has 0 aromatic carbocycles. The largest absolute Gasteiger partial charge is 0.378 e. The molecule has 0 aromatic rings. The number of nitrogens with zero attached hydrogens (tertiary/aromatic N) is 1. The first-order valence-electron chi connectivity index (χ1n) is 4.94. The van der Waals surface area contributed by atoms with Crippen molar-refractivity contribution in [2.45, 2.75) is 39.8 Å². The highest BCUT2D eigenvalue weighted by Crippen LogP contribution is 2.15. The number of hydrogen-bond acceptors (Lipinski definition) is 2. The van der Waals surface area contributed by atoms with Crippen LogP contribution in [0.15, 0.2) is 0 Å². The van der Waals surface area contributed by atoms with E-state index < -0.39 is 0 Å². The molecule has 1 aliphatic rings. The van der Waals surface area contributed by atoms with Crippen LogP contribution in [0.25, 0.3) is 0 Å².